The molecule has 1 amide bonds. The van der Waals surface area contributed by atoms with Crippen LogP contribution in [0, 0.1) is 0 Å². The Kier molecular flexibility index (Phi) is 6.15. The van der Waals surface area contributed by atoms with Crippen molar-refractivity contribution >= 4 is 23.0 Å². The lowest BCUT2D eigenvalue weighted by molar-refractivity contribution is -0.0973. The van der Waals surface area contributed by atoms with Gasteiger partial charge in [-0.1, -0.05) is 6.07 Å². The Morgan fingerprint density at radius 3 is 2.50 bits per heavy atom. The third kappa shape index (κ3) is 4.15. The average molecular weight is 490 g/mol. The zero-order valence-electron chi connectivity index (χ0n) is 17.8. The van der Waals surface area contributed by atoms with Crippen molar-refractivity contribution in [2.75, 3.05) is 14.2 Å². The van der Waals surface area contributed by atoms with Gasteiger partial charge in [0, 0.05) is 5.56 Å². The lowest BCUT2D eigenvalue weighted by Crippen LogP contribution is -2.33. The van der Waals surface area contributed by atoms with Gasteiger partial charge in [0.1, 0.15) is 23.3 Å². The number of halogens is 3. The number of carbonyl (C=O) groups is 2. The van der Waals surface area contributed by atoms with Crippen LogP contribution in [0.25, 0.3) is 11.3 Å². The Balaban J connectivity index is 1.93. The molecule has 1 aliphatic heterocycles. The zero-order valence-corrected chi connectivity index (χ0v) is 18.6. The van der Waals surface area contributed by atoms with Gasteiger partial charge in [0.25, 0.3) is 5.91 Å². The number of nitrogens with one attached hydrogen (secondary N) is 1. The summed E-state index contributed by atoms with van der Waals surface area (Å²) in [7, 11) is 2.88. The molecule has 2 aromatic heterocycles. The lowest BCUT2D eigenvalue weighted by atomic mass is 9.96. The van der Waals surface area contributed by atoms with Gasteiger partial charge < -0.3 is 19.9 Å². The van der Waals surface area contributed by atoms with Crippen LogP contribution in [-0.4, -0.2) is 42.2 Å². The van der Waals surface area contributed by atoms with Gasteiger partial charge in [-0.15, -0.1) is 11.3 Å². The van der Waals surface area contributed by atoms with Crippen LogP contribution in [-0.2, 0) is 0 Å². The summed E-state index contributed by atoms with van der Waals surface area (Å²) in [5, 5.41) is 14.3. The van der Waals surface area contributed by atoms with Gasteiger partial charge in [-0.05, 0) is 41.8 Å². The van der Waals surface area contributed by atoms with Crippen LogP contribution < -0.4 is 14.8 Å². The van der Waals surface area contributed by atoms with Crippen LogP contribution in [0.1, 0.15) is 31.8 Å². The molecule has 0 fully saturated rings. The topological polar surface area (TPSA) is 97.8 Å². The Morgan fingerprint density at radius 2 is 1.88 bits per heavy atom. The number of methoxy groups -OCH3 is 2. The highest BCUT2D eigenvalue weighted by Crippen LogP contribution is 2.39. The highest BCUT2D eigenvalue weighted by Gasteiger charge is 2.45. The number of aromatic nitrogens is 1. The number of benzene rings is 1. The van der Waals surface area contributed by atoms with Gasteiger partial charge in [0.2, 0.25) is 5.78 Å². The summed E-state index contributed by atoms with van der Waals surface area (Å²) in [6.07, 6.45) is -7.24. The maximum atomic E-state index is 13.9. The van der Waals surface area contributed by atoms with Gasteiger partial charge in [-0.25, -0.2) is 4.98 Å². The molecule has 1 aliphatic rings. The number of alkyl halides is 3. The summed E-state index contributed by atoms with van der Waals surface area (Å²) in [6, 6.07) is 10.3. The molecule has 7 nitrogen and oxygen atoms in total. The number of nitrogens with zero attached hydrogens (tertiary/aromatic N) is 1. The first-order valence-electron chi connectivity index (χ1n) is 9.78. The molecular formula is C23H17F3N2O5S. The number of ketones is 1. The van der Waals surface area contributed by atoms with Crippen molar-refractivity contribution in [1.82, 2.24) is 10.3 Å². The number of hydrogen-bond acceptors (Lipinski definition) is 7. The average Bonchev–Trinajstić information content (AvgIpc) is 3.33. The van der Waals surface area contributed by atoms with Gasteiger partial charge in [-0.3, -0.25) is 9.59 Å². The molecule has 1 aromatic carbocycles. The molecule has 0 spiro atoms. The number of amides is 1. The maximum absolute atomic E-state index is 13.9. The second-order valence-electron chi connectivity index (χ2n) is 7.15. The van der Waals surface area contributed by atoms with Gasteiger partial charge >= 0.3 is 6.18 Å². The Bertz CT molecular complexity index is 1300. The van der Waals surface area contributed by atoms with Crippen LogP contribution in [0.4, 0.5) is 13.2 Å². The molecule has 1 unspecified atom stereocenters. The molecule has 11 heteroatoms. The number of Topliss-reactive ketones (excluding diaryl/α,β-unsaturated/α-hetero) is 1. The summed E-state index contributed by atoms with van der Waals surface area (Å²) in [4.78, 5) is 30.0. The molecular weight excluding hydrogens is 473 g/mol. The minimum atomic E-state index is -5.11. The van der Waals surface area contributed by atoms with Crippen LogP contribution in [0.15, 0.2) is 59.1 Å². The van der Waals surface area contributed by atoms with Gasteiger partial charge in [-0.2, -0.15) is 13.2 Å². The summed E-state index contributed by atoms with van der Waals surface area (Å²) in [6.45, 7) is 0. The first-order valence-corrected chi connectivity index (χ1v) is 10.7. The zero-order chi connectivity index (χ0) is 24.6. The van der Waals surface area contributed by atoms with E-state index in [1.807, 2.05) is 0 Å². The van der Waals surface area contributed by atoms with E-state index in [4.69, 9.17) is 9.47 Å². The monoisotopic (exact) mass is 490 g/mol. The van der Waals surface area contributed by atoms with Gasteiger partial charge in [0.05, 0.1) is 41.6 Å². The van der Waals surface area contributed by atoms with E-state index in [9.17, 15) is 27.9 Å². The number of aliphatic hydroxyl groups excluding tert-OH is 1. The fourth-order valence-electron chi connectivity index (χ4n) is 3.56. The molecule has 176 valence electrons. The number of hydrogen-bond donors (Lipinski definition) is 2. The lowest BCUT2D eigenvalue weighted by Gasteiger charge is -2.18. The number of fused-ring (bicyclic) bond motifs is 1. The summed E-state index contributed by atoms with van der Waals surface area (Å²) >= 11 is 0.912. The van der Waals surface area contributed by atoms with Crippen LogP contribution in [0.2, 0.25) is 0 Å². The van der Waals surface area contributed by atoms with Crippen molar-refractivity contribution in [3.63, 3.8) is 0 Å². The van der Waals surface area contributed by atoms with Crippen molar-refractivity contribution in [1.29, 1.82) is 0 Å². The first-order chi connectivity index (χ1) is 16.2. The molecule has 0 bridgehead atoms. The molecule has 0 radical (unpaired) electrons. The Labute approximate surface area is 195 Å². The van der Waals surface area contributed by atoms with E-state index in [2.05, 4.69) is 4.98 Å². The summed E-state index contributed by atoms with van der Waals surface area (Å²) < 4.78 is 52.2. The first kappa shape index (κ1) is 23.5. The van der Waals surface area contributed by atoms with Crippen LogP contribution in [0.3, 0.4) is 0 Å². The minimum absolute atomic E-state index is 0.0286. The number of thiophene rings is 1. The van der Waals surface area contributed by atoms with Crippen molar-refractivity contribution in [2.24, 2.45) is 0 Å². The normalized spacial score (nSPS) is 15.9. The Morgan fingerprint density at radius 1 is 1.12 bits per heavy atom. The second-order valence-corrected chi connectivity index (χ2v) is 8.09. The molecule has 0 saturated carbocycles. The van der Waals surface area contributed by atoms with E-state index < -0.39 is 35.2 Å². The number of pyridine rings is 1. The predicted octanol–water partition coefficient (Wildman–Crippen LogP) is 4.30. The fourth-order valence-corrected chi connectivity index (χ4v) is 4.24. The molecule has 1 atom stereocenters. The molecule has 3 heterocycles. The van der Waals surface area contributed by atoms with Gasteiger partial charge in [0.15, 0.2) is 0 Å². The predicted molar refractivity (Wildman–Crippen MR) is 117 cm³/mol. The van der Waals surface area contributed by atoms with Crippen molar-refractivity contribution in [2.45, 2.75) is 12.3 Å². The molecule has 0 saturated heterocycles. The van der Waals surface area contributed by atoms with E-state index >= 15 is 0 Å². The number of allylic oxidation sites excluding steroid dienone is 1. The third-order valence-electron chi connectivity index (χ3n) is 5.17. The molecule has 0 aliphatic carbocycles. The SMILES string of the molecule is COc1ccc(OC)c(-c2ccc3c(n2)C(O)C(C(=O)c2cccs2)=C(C(F)(F)F)NC3=O)c1. The van der Waals surface area contributed by atoms with Crippen molar-refractivity contribution < 1.29 is 37.3 Å². The number of aliphatic hydroxyl groups is 1. The maximum Gasteiger partial charge on any atom is 0.431 e. The number of rotatable bonds is 5. The fraction of sp³-hybridized carbons (Fsp3) is 0.174. The number of ether oxygens (including phenoxy) is 2. The highest BCUT2D eigenvalue weighted by atomic mass is 32.1. The quantitative estimate of drug-likeness (QED) is 0.518. The van der Waals surface area contributed by atoms with E-state index in [1.165, 1.54) is 43.9 Å². The standard InChI is InChI=1S/C23H17F3N2O5S/c1-32-11-5-8-15(33-2)13(10-11)14-7-6-12-18(27-14)20(30)17(19(29)16-4-3-9-34-16)21(23(24,25)26)28-22(12)31/h3-10,20,30H,1-2H3,(H,28,31). The van der Waals surface area contributed by atoms with E-state index in [1.54, 1.807) is 23.5 Å². The molecule has 2 N–H and O–H groups in total. The van der Waals surface area contributed by atoms with E-state index in [-0.39, 0.29) is 21.8 Å². The molecule has 4 rings (SSSR count). The third-order valence-corrected chi connectivity index (χ3v) is 6.03. The largest absolute Gasteiger partial charge is 0.497 e. The van der Waals surface area contributed by atoms with Crippen molar-refractivity contribution in [3.8, 4) is 22.8 Å². The summed E-state index contributed by atoms with van der Waals surface area (Å²) in [5.74, 6) is -1.37. The number of carbonyl (C=O) groups excluding carboxylic acids is 2. The second kappa shape index (κ2) is 8.92. The Hall–Kier alpha value is -3.70. The van der Waals surface area contributed by atoms with E-state index in [0.29, 0.717) is 17.1 Å². The minimum Gasteiger partial charge on any atom is -0.497 e. The molecule has 34 heavy (non-hydrogen) atoms. The van der Waals surface area contributed by atoms with Crippen LogP contribution in [0.5, 0.6) is 11.5 Å². The van der Waals surface area contributed by atoms with Crippen molar-refractivity contribution in [3.05, 3.63) is 75.2 Å². The van der Waals surface area contributed by atoms with Crippen LogP contribution >= 0.6 is 11.3 Å². The van der Waals surface area contributed by atoms with E-state index in [0.717, 1.165) is 11.3 Å². The summed E-state index contributed by atoms with van der Waals surface area (Å²) in [5.41, 5.74) is -2.72. The molecule has 3 aromatic rings. The smallest absolute Gasteiger partial charge is 0.431 e. The highest BCUT2D eigenvalue weighted by molar-refractivity contribution is 7.12.